The molecule has 112 valence electrons. The van der Waals surface area contributed by atoms with Gasteiger partial charge in [-0.05, 0) is 45.6 Å². The molecule has 1 fully saturated rings. The van der Waals surface area contributed by atoms with E-state index in [4.69, 9.17) is 5.73 Å². The summed E-state index contributed by atoms with van der Waals surface area (Å²) in [7, 11) is 0. The fourth-order valence-electron chi connectivity index (χ4n) is 2.71. The molecule has 1 saturated heterocycles. The molecule has 0 spiro atoms. The normalized spacial score (nSPS) is 19.5. The van der Waals surface area contributed by atoms with Crippen molar-refractivity contribution < 1.29 is 4.79 Å². The van der Waals surface area contributed by atoms with Crippen molar-refractivity contribution >= 4 is 5.91 Å². The van der Waals surface area contributed by atoms with E-state index >= 15 is 0 Å². The highest BCUT2D eigenvalue weighted by atomic mass is 16.2. The highest BCUT2D eigenvalue weighted by Crippen LogP contribution is 2.19. The minimum Gasteiger partial charge on any atom is -0.342 e. The second kappa shape index (κ2) is 7.85. The third-order valence-electron chi connectivity index (χ3n) is 4.49. The predicted octanol–water partition coefficient (Wildman–Crippen LogP) is 1.84. The Morgan fingerprint density at radius 3 is 2.37 bits per heavy atom. The third kappa shape index (κ3) is 4.46. The highest BCUT2D eigenvalue weighted by molar-refractivity contribution is 5.78. The van der Waals surface area contributed by atoms with E-state index in [1.807, 2.05) is 4.90 Å². The van der Waals surface area contributed by atoms with Crippen LogP contribution < -0.4 is 5.73 Å². The van der Waals surface area contributed by atoms with E-state index in [0.717, 1.165) is 45.3 Å². The summed E-state index contributed by atoms with van der Waals surface area (Å²) in [6.07, 6.45) is 5.61. The van der Waals surface area contributed by atoms with Crippen molar-refractivity contribution in [3.05, 3.63) is 0 Å². The summed E-state index contributed by atoms with van der Waals surface area (Å²) in [5, 5.41) is 0. The molecule has 0 bridgehead atoms. The smallest absolute Gasteiger partial charge is 0.236 e. The predicted molar refractivity (Wildman–Crippen MR) is 80.0 cm³/mol. The Bertz CT molecular complexity index is 271. The lowest BCUT2D eigenvalue weighted by Gasteiger charge is -2.41. The van der Waals surface area contributed by atoms with Gasteiger partial charge in [-0.25, -0.2) is 0 Å². The van der Waals surface area contributed by atoms with Crippen molar-refractivity contribution in [2.45, 2.75) is 58.4 Å². The first-order chi connectivity index (χ1) is 9.07. The molecule has 0 aromatic carbocycles. The minimum absolute atomic E-state index is 0.0541. The molecular weight excluding hydrogens is 238 g/mol. The van der Waals surface area contributed by atoms with E-state index in [9.17, 15) is 4.79 Å². The molecule has 1 atom stereocenters. The van der Waals surface area contributed by atoms with E-state index in [0.29, 0.717) is 13.1 Å². The summed E-state index contributed by atoms with van der Waals surface area (Å²) in [6, 6.07) is 0. The fraction of sp³-hybridized carbons (Fsp3) is 0.933. The maximum atomic E-state index is 12.4. The number of rotatable bonds is 7. The average Bonchev–Trinajstić information content (AvgIpc) is 2.46. The van der Waals surface area contributed by atoms with Crippen LogP contribution in [0.25, 0.3) is 0 Å². The average molecular weight is 269 g/mol. The number of amides is 1. The van der Waals surface area contributed by atoms with Gasteiger partial charge >= 0.3 is 0 Å². The number of nitrogens with two attached hydrogens (primary N) is 1. The molecule has 0 aromatic rings. The molecule has 1 aliphatic rings. The van der Waals surface area contributed by atoms with Gasteiger partial charge in [0.05, 0.1) is 6.54 Å². The van der Waals surface area contributed by atoms with Gasteiger partial charge in [-0.1, -0.05) is 13.8 Å². The summed E-state index contributed by atoms with van der Waals surface area (Å²) in [5.74, 6) is 0.279. The van der Waals surface area contributed by atoms with E-state index in [2.05, 4.69) is 25.7 Å². The molecule has 1 amide bonds. The summed E-state index contributed by atoms with van der Waals surface area (Å²) in [6.45, 7) is 10.4. The molecular formula is C15H31N3O. The Kier molecular flexibility index (Phi) is 6.80. The standard InChI is InChI=1S/C15H31N3O/c1-4-9-18(15(3,5-2)13-16)12-14(19)17-10-7-6-8-11-17/h4-13,16H2,1-3H3. The molecule has 19 heavy (non-hydrogen) atoms. The zero-order chi connectivity index (χ0) is 14.3. The first kappa shape index (κ1) is 16.4. The Labute approximate surface area is 118 Å². The summed E-state index contributed by atoms with van der Waals surface area (Å²) in [4.78, 5) is 16.7. The van der Waals surface area contributed by atoms with Gasteiger partial charge in [0.2, 0.25) is 5.91 Å². The Morgan fingerprint density at radius 1 is 1.26 bits per heavy atom. The van der Waals surface area contributed by atoms with Gasteiger partial charge in [-0.3, -0.25) is 9.69 Å². The molecule has 1 unspecified atom stereocenters. The lowest BCUT2D eigenvalue weighted by Crippen LogP contribution is -2.55. The van der Waals surface area contributed by atoms with Crippen LogP contribution in [0.2, 0.25) is 0 Å². The van der Waals surface area contributed by atoms with Crippen LogP contribution in [0.3, 0.4) is 0 Å². The van der Waals surface area contributed by atoms with E-state index in [1.165, 1.54) is 6.42 Å². The van der Waals surface area contributed by atoms with Crippen LogP contribution in [0.5, 0.6) is 0 Å². The Balaban J connectivity index is 2.63. The van der Waals surface area contributed by atoms with Gasteiger partial charge in [0.1, 0.15) is 0 Å². The molecule has 1 aliphatic heterocycles. The third-order valence-corrected chi connectivity index (χ3v) is 4.49. The number of likely N-dealkylation sites (tertiary alicyclic amines) is 1. The van der Waals surface area contributed by atoms with Crippen LogP contribution in [0.15, 0.2) is 0 Å². The van der Waals surface area contributed by atoms with Crippen molar-refractivity contribution in [2.24, 2.45) is 5.73 Å². The first-order valence-electron chi connectivity index (χ1n) is 7.80. The maximum absolute atomic E-state index is 12.4. The number of piperidine rings is 1. The van der Waals surface area contributed by atoms with Crippen molar-refractivity contribution in [2.75, 3.05) is 32.7 Å². The van der Waals surface area contributed by atoms with Crippen LogP contribution in [0, 0.1) is 0 Å². The van der Waals surface area contributed by atoms with Gasteiger partial charge in [-0.15, -0.1) is 0 Å². The van der Waals surface area contributed by atoms with E-state index in [1.54, 1.807) is 0 Å². The van der Waals surface area contributed by atoms with E-state index < -0.39 is 0 Å². The van der Waals surface area contributed by atoms with Gasteiger partial charge in [0.15, 0.2) is 0 Å². The largest absolute Gasteiger partial charge is 0.342 e. The molecule has 4 heteroatoms. The number of nitrogens with zero attached hydrogens (tertiary/aromatic N) is 2. The van der Waals surface area contributed by atoms with Crippen LogP contribution in [-0.4, -0.2) is 54.0 Å². The lowest BCUT2D eigenvalue weighted by molar-refractivity contribution is -0.134. The minimum atomic E-state index is -0.0541. The number of carbonyl (C=O) groups is 1. The first-order valence-corrected chi connectivity index (χ1v) is 7.80. The molecule has 4 nitrogen and oxygen atoms in total. The Hall–Kier alpha value is -0.610. The monoisotopic (exact) mass is 269 g/mol. The number of hydrogen-bond acceptors (Lipinski definition) is 3. The van der Waals surface area contributed by atoms with Gasteiger partial charge in [-0.2, -0.15) is 0 Å². The second-order valence-electron chi connectivity index (χ2n) is 5.92. The zero-order valence-electron chi connectivity index (χ0n) is 13.0. The molecule has 0 saturated carbocycles. The summed E-state index contributed by atoms with van der Waals surface area (Å²) in [5.41, 5.74) is 5.88. The van der Waals surface area contributed by atoms with Gasteiger partial charge in [0, 0.05) is 25.2 Å². The molecule has 1 heterocycles. The van der Waals surface area contributed by atoms with Crippen LogP contribution in [0.1, 0.15) is 52.9 Å². The highest BCUT2D eigenvalue weighted by Gasteiger charge is 2.30. The van der Waals surface area contributed by atoms with Crippen LogP contribution in [0.4, 0.5) is 0 Å². The summed E-state index contributed by atoms with van der Waals surface area (Å²) >= 11 is 0. The van der Waals surface area contributed by atoms with Crippen molar-refractivity contribution in [1.82, 2.24) is 9.80 Å². The maximum Gasteiger partial charge on any atom is 0.236 e. The summed E-state index contributed by atoms with van der Waals surface area (Å²) < 4.78 is 0. The molecule has 1 rings (SSSR count). The van der Waals surface area contributed by atoms with Gasteiger partial charge in [0.25, 0.3) is 0 Å². The van der Waals surface area contributed by atoms with Crippen molar-refractivity contribution in [3.8, 4) is 0 Å². The fourth-order valence-corrected chi connectivity index (χ4v) is 2.71. The topological polar surface area (TPSA) is 49.6 Å². The molecule has 0 radical (unpaired) electrons. The van der Waals surface area contributed by atoms with E-state index in [-0.39, 0.29) is 11.4 Å². The molecule has 0 aromatic heterocycles. The van der Waals surface area contributed by atoms with Crippen LogP contribution in [-0.2, 0) is 4.79 Å². The SMILES string of the molecule is CCCN(CC(=O)N1CCCCC1)C(C)(CC)CN. The molecule has 2 N–H and O–H groups in total. The molecule has 0 aliphatic carbocycles. The lowest BCUT2D eigenvalue weighted by atomic mass is 9.96. The quantitative estimate of drug-likeness (QED) is 0.767. The van der Waals surface area contributed by atoms with Crippen LogP contribution >= 0.6 is 0 Å². The Morgan fingerprint density at radius 2 is 1.89 bits per heavy atom. The van der Waals surface area contributed by atoms with Crippen molar-refractivity contribution in [1.29, 1.82) is 0 Å². The number of hydrogen-bond donors (Lipinski definition) is 1. The zero-order valence-corrected chi connectivity index (χ0v) is 13.0. The second-order valence-corrected chi connectivity index (χ2v) is 5.92. The van der Waals surface area contributed by atoms with Crippen molar-refractivity contribution in [3.63, 3.8) is 0 Å². The van der Waals surface area contributed by atoms with Gasteiger partial charge < -0.3 is 10.6 Å². The number of carbonyl (C=O) groups excluding carboxylic acids is 1.